The van der Waals surface area contributed by atoms with Gasteiger partial charge in [0, 0.05) is 27.6 Å². The van der Waals surface area contributed by atoms with Gasteiger partial charge in [0.15, 0.2) is 5.78 Å². The van der Waals surface area contributed by atoms with Crippen LogP contribution >= 0.6 is 11.3 Å². The van der Waals surface area contributed by atoms with Gasteiger partial charge in [0.05, 0.1) is 0 Å². The average molecular weight is 220 g/mol. The van der Waals surface area contributed by atoms with Gasteiger partial charge in [-0.2, -0.15) is 0 Å². The first kappa shape index (κ1) is 10.3. The Morgan fingerprint density at radius 1 is 1.40 bits per heavy atom. The third-order valence-corrected chi connectivity index (χ3v) is 3.18. The summed E-state index contributed by atoms with van der Waals surface area (Å²) in [6.07, 6.45) is 0. The van der Waals surface area contributed by atoms with Gasteiger partial charge in [-0.25, -0.2) is 0 Å². The topological polar surface area (TPSA) is 26.3 Å². The summed E-state index contributed by atoms with van der Waals surface area (Å²) in [7, 11) is 0. The van der Waals surface area contributed by atoms with Crippen LogP contribution in [-0.2, 0) is 4.74 Å². The molecule has 0 fully saturated rings. The molecule has 2 rings (SSSR count). The number of fused-ring (bicyclic) bond motifs is 1. The normalized spacial score (nSPS) is 10.7. The second-order valence-corrected chi connectivity index (χ2v) is 4.12. The van der Waals surface area contributed by atoms with Crippen LogP contribution in [0.5, 0.6) is 0 Å². The molecule has 1 aromatic heterocycles. The number of ether oxygens (including phenoxy) is 1. The first-order valence-corrected chi connectivity index (χ1v) is 5.78. The fourth-order valence-electron chi connectivity index (χ4n) is 1.47. The Morgan fingerprint density at radius 3 is 3.00 bits per heavy atom. The number of carbonyl (C=O) groups is 1. The smallest absolute Gasteiger partial charge is 0.189 e. The third kappa shape index (κ3) is 2.08. The molecule has 78 valence electrons. The number of thiophene rings is 1. The van der Waals surface area contributed by atoms with Gasteiger partial charge in [-0.15, -0.1) is 11.3 Å². The maximum absolute atomic E-state index is 11.8. The fraction of sp³-hybridized carbons (Fsp3) is 0.250. The van der Waals surface area contributed by atoms with E-state index < -0.39 is 0 Å². The molecular formula is C12H12O2S. The molecule has 1 heterocycles. The molecule has 0 aliphatic carbocycles. The summed E-state index contributed by atoms with van der Waals surface area (Å²) in [5, 5.41) is 2.94. The van der Waals surface area contributed by atoms with E-state index >= 15 is 0 Å². The maximum Gasteiger partial charge on any atom is 0.189 e. The first-order valence-electron chi connectivity index (χ1n) is 4.90. The monoisotopic (exact) mass is 220 g/mol. The molecule has 0 atom stereocenters. The summed E-state index contributed by atoms with van der Waals surface area (Å²) in [5.41, 5.74) is 0.782. The van der Waals surface area contributed by atoms with E-state index in [1.54, 1.807) is 11.3 Å². The van der Waals surface area contributed by atoms with Crippen molar-refractivity contribution >= 4 is 27.2 Å². The Balaban J connectivity index is 2.31. The number of Topliss-reactive ketones (excluding diaryl/α,β-unsaturated/α-hetero) is 1. The minimum absolute atomic E-state index is 0.0642. The molecule has 0 saturated heterocycles. The van der Waals surface area contributed by atoms with Crippen molar-refractivity contribution in [2.75, 3.05) is 13.2 Å². The van der Waals surface area contributed by atoms with E-state index in [-0.39, 0.29) is 12.4 Å². The van der Waals surface area contributed by atoms with Crippen LogP contribution in [0, 0.1) is 0 Å². The highest BCUT2D eigenvalue weighted by Gasteiger charge is 2.11. The van der Waals surface area contributed by atoms with Crippen molar-refractivity contribution in [3.8, 4) is 0 Å². The molecule has 0 spiro atoms. The fourth-order valence-corrected chi connectivity index (χ4v) is 2.43. The Kier molecular flexibility index (Phi) is 3.14. The molecule has 0 N–H and O–H groups in total. The van der Waals surface area contributed by atoms with Gasteiger partial charge < -0.3 is 4.74 Å². The molecule has 0 amide bonds. The van der Waals surface area contributed by atoms with Gasteiger partial charge in [-0.1, -0.05) is 18.2 Å². The van der Waals surface area contributed by atoms with E-state index in [9.17, 15) is 4.79 Å². The lowest BCUT2D eigenvalue weighted by atomic mass is 10.1. The van der Waals surface area contributed by atoms with Crippen molar-refractivity contribution in [1.82, 2.24) is 0 Å². The molecule has 15 heavy (non-hydrogen) atoms. The summed E-state index contributed by atoms with van der Waals surface area (Å²) in [4.78, 5) is 11.8. The molecule has 0 unspecified atom stereocenters. The lowest BCUT2D eigenvalue weighted by Crippen LogP contribution is -2.07. The minimum Gasteiger partial charge on any atom is -0.374 e. The van der Waals surface area contributed by atoms with Crippen LogP contribution in [-0.4, -0.2) is 19.0 Å². The van der Waals surface area contributed by atoms with Crippen molar-refractivity contribution in [2.24, 2.45) is 0 Å². The summed E-state index contributed by atoms with van der Waals surface area (Å²) in [6.45, 7) is 2.64. The predicted molar refractivity (Wildman–Crippen MR) is 62.6 cm³/mol. The van der Waals surface area contributed by atoms with Crippen molar-refractivity contribution in [1.29, 1.82) is 0 Å². The van der Waals surface area contributed by atoms with Crippen LogP contribution < -0.4 is 0 Å². The van der Waals surface area contributed by atoms with E-state index in [0.717, 1.165) is 15.6 Å². The average Bonchev–Trinajstić information content (AvgIpc) is 2.69. The Morgan fingerprint density at radius 2 is 2.20 bits per heavy atom. The predicted octanol–water partition coefficient (Wildman–Crippen LogP) is 3.12. The maximum atomic E-state index is 11.8. The molecule has 3 heteroatoms. The zero-order chi connectivity index (χ0) is 10.7. The van der Waals surface area contributed by atoms with Crippen molar-refractivity contribution in [3.05, 3.63) is 35.2 Å². The SMILES string of the molecule is CCOCC(=O)c1csc2ccccc12. The minimum atomic E-state index is 0.0642. The van der Waals surface area contributed by atoms with Crippen molar-refractivity contribution in [3.63, 3.8) is 0 Å². The molecule has 0 aliphatic heterocycles. The van der Waals surface area contributed by atoms with Crippen LogP contribution in [0.2, 0.25) is 0 Å². The van der Waals surface area contributed by atoms with Crippen LogP contribution in [0.1, 0.15) is 17.3 Å². The van der Waals surface area contributed by atoms with Crippen molar-refractivity contribution in [2.45, 2.75) is 6.92 Å². The molecule has 0 saturated carbocycles. The standard InChI is InChI=1S/C12H12O2S/c1-2-14-7-11(13)10-8-15-12-6-4-3-5-9(10)12/h3-6,8H,2,7H2,1H3. The van der Waals surface area contributed by atoms with Crippen LogP contribution in [0.4, 0.5) is 0 Å². The highest BCUT2D eigenvalue weighted by molar-refractivity contribution is 7.17. The molecule has 0 radical (unpaired) electrons. The second-order valence-electron chi connectivity index (χ2n) is 3.21. The number of rotatable bonds is 4. The molecule has 0 bridgehead atoms. The zero-order valence-corrected chi connectivity index (χ0v) is 9.34. The van der Waals surface area contributed by atoms with Crippen LogP contribution in [0.25, 0.3) is 10.1 Å². The van der Waals surface area contributed by atoms with Crippen LogP contribution in [0.15, 0.2) is 29.6 Å². The van der Waals surface area contributed by atoms with Gasteiger partial charge >= 0.3 is 0 Å². The summed E-state index contributed by atoms with van der Waals surface area (Å²) < 4.78 is 6.27. The van der Waals surface area contributed by atoms with Gasteiger partial charge in [0.1, 0.15) is 6.61 Å². The molecule has 1 aromatic carbocycles. The Bertz CT molecular complexity index is 473. The van der Waals surface area contributed by atoms with Gasteiger partial charge in [-0.3, -0.25) is 4.79 Å². The van der Waals surface area contributed by atoms with E-state index in [2.05, 4.69) is 0 Å². The Labute approximate surface area is 92.5 Å². The van der Waals surface area contributed by atoms with Gasteiger partial charge in [0.25, 0.3) is 0 Å². The Hall–Kier alpha value is -1.19. The lowest BCUT2D eigenvalue weighted by molar-refractivity contribution is 0.0785. The number of hydrogen-bond donors (Lipinski definition) is 0. The summed E-state index contributed by atoms with van der Waals surface area (Å²) in [6, 6.07) is 7.94. The van der Waals surface area contributed by atoms with Crippen molar-refractivity contribution < 1.29 is 9.53 Å². The number of carbonyl (C=O) groups excluding carboxylic acids is 1. The highest BCUT2D eigenvalue weighted by Crippen LogP contribution is 2.25. The number of hydrogen-bond acceptors (Lipinski definition) is 3. The van der Waals surface area contributed by atoms with Gasteiger partial charge in [-0.05, 0) is 13.0 Å². The number of benzene rings is 1. The second kappa shape index (κ2) is 4.55. The quantitative estimate of drug-likeness (QED) is 0.740. The molecule has 2 aromatic rings. The highest BCUT2D eigenvalue weighted by atomic mass is 32.1. The van der Waals surface area contributed by atoms with E-state index in [4.69, 9.17) is 4.74 Å². The largest absolute Gasteiger partial charge is 0.374 e. The van der Waals surface area contributed by atoms with E-state index in [1.807, 2.05) is 36.6 Å². The summed E-state index contributed by atoms with van der Waals surface area (Å²) >= 11 is 1.60. The van der Waals surface area contributed by atoms with Crippen LogP contribution in [0.3, 0.4) is 0 Å². The van der Waals surface area contributed by atoms with E-state index in [0.29, 0.717) is 6.61 Å². The molecule has 2 nitrogen and oxygen atoms in total. The molecule has 0 aliphatic rings. The summed E-state index contributed by atoms with van der Waals surface area (Å²) in [5.74, 6) is 0.0642. The number of ketones is 1. The molecular weight excluding hydrogens is 208 g/mol. The van der Waals surface area contributed by atoms with Gasteiger partial charge in [0.2, 0.25) is 0 Å². The van der Waals surface area contributed by atoms with E-state index in [1.165, 1.54) is 0 Å². The third-order valence-electron chi connectivity index (χ3n) is 2.22. The first-order chi connectivity index (χ1) is 7.33. The zero-order valence-electron chi connectivity index (χ0n) is 8.53. The lowest BCUT2D eigenvalue weighted by Gasteiger charge is -1.99.